The molecule has 3 heterocycles. The van der Waals surface area contributed by atoms with E-state index in [1.54, 1.807) is 11.3 Å². The third-order valence-corrected chi connectivity index (χ3v) is 4.91. The van der Waals surface area contributed by atoms with Gasteiger partial charge in [0.05, 0.1) is 10.7 Å². The minimum Gasteiger partial charge on any atom is -0.347 e. The summed E-state index contributed by atoms with van der Waals surface area (Å²) in [6, 6.07) is 3.81. The van der Waals surface area contributed by atoms with Gasteiger partial charge in [0.1, 0.15) is 5.69 Å². The molecule has 0 atom stereocenters. The van der Waals surface area contributed by atoms with Gasteiger partial charge in [-0.15, -0.1) is 11.3 Å². The molecule has 1 saturated heterocycles. The first-order valence-electron chi connectivity index (χ1n) is 7.67. The lowest BCUT2D eigenvalue weighted by Crippen LogP contribution is -2.35. The molecule has 0 aromatic carbocycles. The van der Waals surface area contributed by atoms with Gasteiger partial charge in [-0.1, -0.05) is 0 Å². The summed E-state index contributed by atoms with van der Waals surface area (Å²) < 4.78 is 1.89. The molecule has 0 saturated carbocycles. The van der Waals surface area contributed by atoms with E-state index in [-0.39, 0.29) is 5.91 Å². The fourth-order valence-electron chi connectivity index (χ4n) is 2.89. The second kappa shape index (κ2) is 6.62. The van der Waals surface area contributed by atoms with Crippen LogP contribution in [0.5, 0.6) is 0 Å². The number of carbonyl (C=O) groups is 1. The predicted octanol–water partition coefficient (Wildman–Crippen LogP) is 2.14. The molecular formula is C16H22N4OS. The third-order valence-electron chi connectivity index (χ3n) is 4.09. The Kier molecular flexibility index (Phi) is 4.59. The van der Waals surface area contributed by atoms with Crippen LogP contribution in [0.15, 0.2) is 23.7 Å². The first-order valence-corrected chi connectivity index (χ1v) is 8.55. The van der Waals surface area contributed by atoms with Crippen LogP contribution >= 0.6 is 11.3 Å². The average Bonchev–Trinajstić information content (AvgIpc) is 3.02. The first-order chi connectivity index (χ1) is 10.6. The average molecular weight is 318 g/mol. The maximum Gasteiger partial charge on any atom is 0.270 e. The molecule has 1 aliphatic heterocycles. The van der Waals surface area contributed by atoms with Gasteiger partial charge in [-0.25, -0.2) is 4.98 Å². The number of carbonyl (C=O) groups excluding carboxylic acids is 1. The van der Waals surface area contributed by atoms with Gasteiger partial charge < -0.3 is 9.47 Å². The van der Waals surface area contributed by atoms with Crippen molar-refractivity contribution in [2.75, 3.05) is 26.2 Å². The Morgan fingerprint density at radius 2 is 2.18 bits per heavy atom. The highest BCUT2D eigenvalue weighted by molar-refractivity contribution is 7.09. The Hall–Kier alpha value is -1.66. The van der Waals surface area contributed by atoms with Crippen molar-refractivity contribution in [3.05, 3.63) is 40.1 Å². The molecule has 0 N–H and O–H groups in total. The van der Waals surface area contributed by atoms with Gasteiger partial charge in [-0.05, 0) is 25.5 Å². The van der Waals surface area contributed by atoms with Gasteiger partial charge in [0.25, 0.3) is 5.91 Å². The third kappa shape index (κ3) is 3.39. The van der Waals surface area contributed by atoms with Gasteiger partial charge in [-0.3, -0.25) is 9.69 Å². The highest BCUT2D eigenvalue weighted by Crippen LogP contribution is 2.14. The van der Waals surface area contributed by atoms with Crippen molar-refractivity contribution in [3.63, 3.8) is 0 Å². The van der Waals surface area contributed by atoms with Gasteiger partial charge in [0, 0.05) is 51.3 Å². The van der Waals surface area contributed by atoms with Crippen molar-refractivity contribution in [2.45, 2.75) is 19.9 Å². The lowest BCUT2D eigenvalue weighted by Gasteiger charge is -2.21. The zero-order valence-corrected chi connectivity index (χ0v) is 14.0. The van der Waals surface area contributed by atoms with Crippen molar-refractivity contribution in [1.29, 1.82) is 0 Å². The molecule has 0 spiro atoms. The normalized spacial score (nSPS) is 16.7. The zero-order valence-electron chi connectivity index (χ0n) is 13.2. The predicted molar refractivity (Wildman–Crippen MR) is 88.1 cm³/mol. The lowest BCUT2D eigenvalue weighted by atomic mass is 10.3. The number of amides is 1. The van der Waals surface area contributed by atoms with Crippen molar-refractivity contribution in [1.82, 2.24) is 19.4 Å². The summed E-state index contributed by atoms with van der Waals surface area (Å²) in [6.45, 7) is 6.47. The molecule has 22 heavy (non-hydrogen) atoms. The maximum atomic E-state index is 12.6. The Morgan fingerprint density at radius 3 is 2.86 bits per heavy atom. The van der Waals surface area contributed by atoms with Crippen LogP contribution < -0.4 is 0 Å². The Morgan fingerprint density at radius 1 is 1.32 bits per heavy atom. The number of thiazole rings is 1. The number of hydrogen-bond acceptors (Lipinski definition) is 4. The number of aryl methyl sites for hydroxylation is 2. The van der Waals surface area contributed by atoms with E-state index in [0.717, 1.165) is 55.5 Å². The molecule has 5 nitrogen and oxygen atoms in total. The van der Waals surface area contributed by atoms with Gasteiger partial charge in [-0.2, -0.15) is 0 Å². The van der Waals surface area contributed by atoms with Crippen LogP contribution in [0, 0.1) is 6.92 Å². The molecule has 0 unspecified atom stereocenters. The van der Waals surface area contributed by atoms with E-state index in [4.69, 9.17) is 0 Å². The molecule has 1 aliphatic rings. The molecular weight excluding hydrogens is 296 g/mol. The van der Waals surface area contributed by atoms with Crippen molar-refractivity contribution in [3.8, 4) is 0 Å². The van der Waals surface area contributed by atoms with E-state index in [0.29, 0.717) is 0 Å². The van der Waals surface area contributed by atoms with Crippen LogP contribution in [-0.4, -0.2) is 51.4 Å². The Balaban J connectivity index is 1.60. The zero-order chi connectivity index (χ0) is 15.5. The molecule has 1 fully saturated rings. The summed E-state index contributed by atoms with van der Waals surface area (Å²) >= 11 is 1.70. The molecule has 118 valence electrons. The highest BCUT2D eigenvalue weighted by Gasteiger charge is 2.22. The molecule has 2 aromatic heterocycles. The topological polar surface area (TPSA) is 41.4 Å². The van der Waals surface area contributed by atoms with E-state index in [2.05, 4.69) is 15.3 Å². The molecule has 3 rings (SSSR count). The standard InChI is InChI=1S/C16H22N4OS/c1-13-17-14(12-22-13)11-19-7-4-8-20(10-9-19)16(21)15-5-3-6-18(15)2/h3,5-6,12H,4,7-11H2,1-2H3. The molecule has 6 heteroatoms. The number of rotatable bonds is 3. The van der Waals surface area contributed by atoms with Crippen LogP contribution in [0.25, 0.3) is 0 Å². The minimum absolute atomic E-state index is 0.138. The van der Waals surface area contributed by atoms with Crippen LogP contribution in [0.2, 0.25) is 0 Å². The second-order valence-electron chi connectivity index (χ2n) is 5.78. The smallest absolute Gasteiger partial charge is 0.270 e. The first kappa shape index (κ1) is 15.2. The van der Waals surface area contributed by atoms with Gasteiger partial charge in [0.15, 0.2) is 0 Å². The fourth-order valence-corrected chi connectivity index (χ4v) is 3.49. The van der Waals surface area contributed by atoms with Gasteiger partial charge in [0.2, 0.25) is 0 Å². The SMILES string of the molecule is Cc1nc(CN2CCCN(C(=O)c3cccn3C)CC2)cs1. The van der Waals surface area contributed by atoms with E-state index in [1.165, 1.54) is 0 Å². The molecule has 2 aromatic rings. The van der Waals surface area contributed by atoms with Crippen molar-refractivity contribution < 1.29 is 4.79 Å². The molecule has 0 radical (unpaired) electrons. The number of aromatic nitrogens is 2. The molecule has 0 bridgehead atoms. The monoisotopic (exact) mass is 318 g/mol. The summed E-state index contributed by atoms with van der Waals surface area (Å²) in [4.78, 5) is 21.5. The van der Waals surface area contributed by atoms with Crippen LogP contribution in [0.3, 0.4) is 0 Å². The van der Waals surface area contributed by atoms with Crippen LogP contribution in [0.4, 0.5) is 0 Å². The Labute approximate surface area is 135 Å². The van der Waals surface area contributed by atoms with E-state index in [1.807, 2.05) is 41.8 Å². The quantitative estimate of drug-likeness (QED) is 0.871. The Bertz CT molecular complexity index is 648. The summed E-state index contributed by atoms with van der Waals surface area (Å²) in [5.74, 6) is 0.138. The lowest BCUT2D eigenvalue weighted by molar-refractivity contribution is 0.0751. The summed E-state index contributed by atoms with van der Waals surface area (Å²) in [5, 5.41) is 3.25. The maximum absolute atomic E-state index is 12.6. The van der Waals surface area contributed by atoms with Crippen molar-refractivity contribution in [2.24, 2.45) is 7.05 Å². The highest BCUT2D eigenvalue weighted by atomic mass is 32.1. The van der Waals surface area contributed by atoms with Crippen LogP contribution in [0.1, 0.15) is 27.6 Å². The van der Waals surface area contributed by atoms with E-state index >= 15 is 0 Å². The van der Waals surface area contributed by atoms with Crippen LogP contribution in [-0.2, 0) is 13.6 Å². The molecule has 1 amide bonds. The summed E-state index contributed by atoms with van der Waals surface area (Å²) in [5.41, 5.74) is 1.91. The second-order valence-corrected chi connectivity index (χ2v) is 6.85. The van der Waals surface area contributed by atoms with Gasteiger partial charge >= 0.3 is 0 Å². The van der Waals surface area contributed by atoms with Crippen molar-refractivity contribution >= 4 is 17.2 Å². The number of hydrogen-bond donors (Lipinski definition) is 0. The molecule has 0 aliphatic carbocycles. The summed E-state index contributed by atoms with van der Waals surface area (Å²) in [7, 11) is 1.92. The fraction of sp³-hybridized carbons (Fsp3) is 0.500. The minimum atomic E-state index is 0.138. The number of nitrogens with zero attached hydrogens (tertiary/aromatic N) is 4. The van der Waals surface area contributed by atoms with E-state index < -0.39 is 0 Å². The summed E-state index contributed by atoms with van der Waals surface area (Å²) in [6.07, 6.45) is 2.93. The van der Waals surface area contributed by atoms with E-state index in [9.17, 15) is 4.79 Å². The largest absolute Gasteiger partial charge is 0.347 e.